The fourth-order valence-electron chi connectivity index (χ4n) is 0.762. The van der Waals surface area contributed by atoms with Crippen LogP contribution < -0.4 is 11.1 Å². The summed E-state index contributed by atoms with van der Waals surface area (Å²) in [5, 5.41) is 2.93. The van der Waals surface area contributed by atoms with E-state index < -0.39 is 0 Å². The molecule has 0 radical (unpaired) electrons. The summed E-state index contributed by atoms with van der Waals surface area (Å²) in [6, 6.07) is 0. The van der Waals surface area contributed by atoms with Gasteiger partial charge >= 0.3 is 0 Å². The average molecular weight is 182 g/mol. The number of nitrogens with one attached hydrogen (secondary N) is 1. The van der Waals surface area contributed by atoms with E-state index in [0.29, 0.717) is 0 Å². The highest BCUT2D eigenvalue weighted by molar-refractivity contribution is 5.75. The van der Waals surface area contributed by atoms with Crippen LogP contribution in [0.3, 0.4) is 0 Å². The number of amides is 1. The third-order valence-corrected chi connectivity index (χ3v) is 1.62. The molecule has 0 aromatic carbocycles. The lowest BCUT2D eigenvalue weighted by Crippen LogP contribution is -2.28. The molecule has 3 N–H and O–H groups in total. The van der Waals surface area contributed by atoms with Gasteiger partial charge in [0, 0.05) is 0 Å². The Labute approximate surface area is 79.7 Å². The second kappa shape index (κ2) is 7.55. The topological polar surface area (TPSA) is 55.1 Å². The minimum Gasteiger partial charge on any atom is -0.369 e. The molecular formula is C10H18N2O. The molecule has 0 saturated carbocycles. The highest BCUT2D eigenvalue weighted by Gasteiger charge is 1.89. The maximum Gasteiger partial charge on any atom is 0.231 e. The molecule has 0 aliphatic carbocycles. The van der Waals surface area contributed by atoms with Crippen molar-refractivity contribution in [2.24, 2.45) is 5.73 Å². The number of rotatable bonds is 6. The molecule has 3 nitrogen and oxygen atoms in total. The molecule has 0 atom stereocenters. The Morgan fingerprint density at radius 3 is 2.77 bits per heavy atom. The zero-order valence-corrected chi connectivity index (χ0v) is 8.34. The van der Waals surface area contributed by atoms with Crippen LogP contribution in [-0.2, 0) is 4.79 Å². The number of nitrogens with two attached hydrogens (primary N) is 1. The zero-order chi connectivity index (χ0) is 10.1. The van der Waals surface area contributed by atoms with Crippen LogP contribution in [0.25, 0.3) is 0 Å². The number of carbonyl (C=O) groups excluding carboxylic acids is 1. The van der Waals surface area contributed by atoms with Gasteiger partial charge in [-0.25, -0.2) is 0 Å². The quantitative estimate of drug-likeness (QED) is 0.475. The summed E-state index contributed by atoms with van der Waals surface area (Å²) in [6.45, 7) is 5.10. The first-order valence-corrected chi connectivity index (χ1v) is 4.45. The fourth-order valence-corrected chi connectivity index (χ4v) is 0.762. The SMILES string of the molecule is C/C=C(C)\C=C/CCNCC(N)=O. The first kappa shape index (κ1) is 11.9. The summed E-state index contributed by atoms with van der Waals surface area (Å²) in [5.41, 5.74) is 6.19. The molecule has 0 fully saturated rings. The standard InChI is InChI=1S/C10H18N2O/c1-3-9(2)6-4-5-7-12-8-10(11)13/h3-4,6,12H,5,7-8H2,1-2H3,(H2,11,13)/b6-4-,9-3-. The van der Waals surface area contributed by atoms with Crippen molar-refractivity contribution in [1.29, 1.82) is 0 Å². The Hall–Kier alpha value is -1.09. The van der Waals surface area contributed by atoms with Crippen LogP contribution >= 0.6 is 0 Å². The monoisotopic (exact) mass is 182 g/mol. The largest absolute Gasteiger partial charge is 0.369 e. The van der Waals surface area contributed by atoms with Gasteiger partial charge in [-0.3, -0.25) is 4.79 Å². The van der Waals surface area contributed by atoms with Gasteiger partial charge in [0.25, 0.3) is 0 Å². The summed E-state index contributed by atoms with van der Waals surface area (Å²) in [5.74, 6) is -0.311. The lowest BCUT2D eigenvalue weighted by Gasteiger charge is -1.97. The van der Waals surface area contributed by atoms with Crippen LogP contribution in [0, 0.1) is 0 Å². The summed E-state index contributed by atoms with van der Waals surface area (Å²) < 4.78 is 0. The number of hydrogen-bond donors (Lipinski definition) is 2. The molecule has 1 amide bonds. The van der Waals surface area contributed by atoms with Gasteiger partial charge < -0.3 is 11.1 Å². The van der Waals surface area contributed by atoms with Crippen LogP contribution in [-0.4, -0.2) is 19.0 Å². The number of allylic oxidation sites excluding steroid dienone is 3. The maximum absolute atomic E-state index is 10.3. The predicted octanol–water partition coefficient (Wildman–Crippen LogP) is 0.974. The van der Waals surface area contributed by atoms with Gasteiger partial charge in [-0.2, -0.15) is 0 Å². The third kappa shape index (κ3) is 8.82. The Kier molecular flexibility index (Phi) is 6.92. The molecule has 0 aliphatic rings. The molecule has 0 heterocycles. The van der Waals surface area contributed by atoms with Gasteiger partial charge in [0.1, 0.15) is 0 Å². The second-order valence-electron chi connectivity index (χ2n) is 2.87. The van der Waals surface area contributed by atoms with Gasteiger partial charge in [0.05, 0.1) is 6.54 Å². The molecule has 3 heteroatoms. The number of carbonyl (C=O) groups is 1. The Balaban J connectivity index is 3.35. The average Bonchev–Trinajstić information content (AvgIpc) is 2.10. The summed E-state index contributed by atoms with van der Waals surface area (Å²) in [4.78, 5) is 10.3. The van der Waals surface area contributed by atoms with Crippen LogP contribution in [0.15, 0.2) is 23.8 Å². The molecule has 0 aromatic rings. The zero-order valence-electron chi connectivity index (χ0n) is 8.34. The van der Waals surface area contributed by atoms with E-state index in [9.17, 15) is 4.79 Å². The number of primary amides is 1. The molecule has 0 bridgehead atoms. The number of hydrogen-bond acceptors (Lipinski definition) is 2. The normalized spacial score (nSPS) is 12.3. The first-order chi connectivity index (χ1) is 6.16. The summed E-state index contributed by atoms with van der Waals surface area (Å²) >= 11 is 0. The van der Waals surface area contributed by atoms with Gasteiger partial charge in [0.2, 0.25) is 5.91 Å². The molecule has 13 heavy (non-hydrogen) atoms. The van der Waals surface area contributed by atoms with E-state index in [2.05, 4.69) is 17.5 Å². The molecule has 0 aliphatic heterocycles. The predicted molar refractivity (Wildman–Crippen MR) is 55.3 cm³/mol. The van der Waals surface area contributed by atoms with Crippen LogP contribution in [0.2, 0.25) is 0 Å². The van der Waals surface area contributed by atoms with E-state index in [-0.39, 0.29) is 12.5 Å². The maximum atomic E-state index is 10.3. The molecule has 0 rings (SSSR count). The van der Waals surface area contributed by atoms with Crippen molar-refractivity contribution in [3.05, 3.63) is 23.8 Å². The van der Waals surface area contributed by atoms with Crippen LogP contribution in [0.5, 0.6) is 0 Å². The second-order valence-corrected chi connectivity index (χ2v) is 2.87. The van der Waals surface area contributed by atoms with Crippen molar-refractivity contribution in [3.63, 3.8) is 0 Å². The molecule has 0 unspecified atom stereocenters. The highest BCUT2D eigenvalue weighted by Crippen LogP contribution is 1.94. The van der Waals surface area contributed by atoms with Gasteiger partial charge in [-0.05, 0) is 26.8 Å². The van der Waals surface area contributed by atoms with E-state index in [1.54, 1.807) is 0 Å². The van der Waals surface area contributed by atoms with Crippen molar-refractivity contribution in [1.82, 2.24) is 5.32 Å². The third-order valence-electron chi connectivity index (χ3n) is 1.62. The van der Waals surface area contributed by atoms with Crippen molar-refractivity contribution in [3.8, 4) is 0 Å². The van der Waals surface area contributed by atoms with Crippen LogP contribution in [0.1, 0.15) is 20.3 Å². The summed E-state index contributed by atoms with van der Waals surface area (Å²) in [6.07, 6.45) is 7.10. The van der Waals surface area contributed by atoms with Gasteiger partial charge in [-0.15, -0.1) is 0 Å². The van der Waals surface area contributed by atoms with Crippen molar-refractivity contribution in [2.45, 2.75) is 20.3 Å². The van der Waals surface area contributed by atoms with E-state index in [1.807, 2.05) is 19.9 Å². The summed E-state index contributed by atoms with van der Waals surface area (Å²) in [7, 11) is 0. The minimum absolute atomic E-state index is 0.260. The van der Waals surface area contributed by atoms with E-state index in [0.717, 1.165) is 13.0 Å². The van der Waals surface area contributed by atoms with E-state index in [1.165, 1.54) is 5.57 Å². The smallest absolute Gasteiger partial charge is 0.231 e. The fraction of sp³-hybridized carbons (Fsp3) is 0.500. The molecule has 0 spiro atoms. The Bertz CT molecular complexity index is 207. The highest BCUT2D eigenvalue weighted by atomic mass is 16.1. The molecule has 0 aromatic heterocycles. The molecule has 0 saturated heterocycles. The van der Waals surface area contributed by atoms with Crippen molar-refractivity contribution < 1.29 is 4.79 Å². The lowest BCUT2D eigenvalue weighted by molar-refractivity contribution is -0.117. The van der Waals surface area contributed by atoms with E-state index in [4.69, 9.17) is 5.73 Å². The van der Waals surface area contributed by atoms with Crippen molar-refractivity contribution in [2.75, 3.05) is 13.1 Å². The van der Waals surface area contributed by atoms with Gasteiger partial charge in [-0.1, -0.05) is 23.8 Å². The minimum atomic E-state index is -0.311. The van der Waals surface area contributed by atoms with Gasteiger partial charge in [0.15, 0.2) is 0 Å². The van der Waals surface area contributed by atoms with Crippen LogP contribution in [0.4, 0.5) is 0 Å². The first-order valence-electron chi connectivity index (χ1n) is 4.45. The lowest BCUT2D eigenvalue weighted by atomic mass is 10.2. The molecular weight excluding hydrogens is 164 g/mol. The van der Waals surface area contributed by atoms with E-state index >= 15 is 0 Å². The van der Waals surface area contributed by atoms with Crippen molar-refractivity contribution >= 4 is 5.91 Å². The Morgan fingerprint density at radius 2 is 2.23 bits per heavy atom. The molecule has 74 valence electrons. The Morgan fingerprint density at radius 1 is 1.54 bits per heavy atom.